The minimum Gasteiger partial charge on any atom is -0.462 e. The zero-order valence-electron chi connectivity index (χ0n) is 8.84. The van der Waals surface area contributed by atoms with E-state index in [-0.39, 0.29) is 18.2 Å². The van der Waals surface area contributed by atoms with Crippen LogP contribution in [0.5, 0.6) is 0 Å². The zero-order chi connectivity index (χ0) is 13.0. The summed E-state index contributed by atoms with van der Waals surface area (Å²) in [6, 6.07) is 0.507. The molecule has 0 spiro atoms. The summed E-state index contributed by atoms with van der Waals surface area (Å²) in [6.45, 7) is 1.58. The van der Waals surface area contributed by atoms with Crippen LogP contribution in [0.15, 0.2) is 6.07 Å². The van der Waals surface area contributed by atoms with Crippen molar-refractivity contribution in [2.24, 2.45) is 0 Å². The first kappa shape index (κ1) is 13.8. The smallest absolute Gasteiger partial charge is 0.343 e. The van der Waals surface area contributed by atoms with Crippen LogP contribution >= 0.6 is 11.6 Å². The largest absolute Gasteiger partial charge is 0.462 e. The highest BCUT2D eigenvalue weighted by Gasteiger charge is 2.22. The molecule has 1 aromatic rings. The molecule has 1 rings (SSSR count). The Balaban J connectivity index is 3.25. The van der Waals surface area contributed by atoms with Crippen molar-refractivity contribution < 1.29 is 22.7 Å². The molecule has 0 bridgehead atoms. The van der Waals surface area contributed by atoms with Crippen LogP contribution in [0.1, 0.15) is 35.1 Å². The van der Waals surface area contributed by atoms with Crippen LogP contribution in [0.3, 0.4) is 0 Å². The molecule has 0 aliphatic heterocycles. The number of carbonyl (C=O) groups is 1. The first-order valence-electron chi connectivity index (χ1n) is 4.71. The van der Waals surface area contributed by atoms with Crippen LogP contribution in [0.25, 0.3) is 0 Å². The van der Waals surface area contributed by atoms with Gasteiger partial charge in [-0.15, -0.1) is 11.6 Å². The van der Waals surface area contributed by atoms with Crippen molar-refractivity contribution in [3.8, 4) is 0 Å². The molecule has 0 amide bonds. The highest BCUT2D eigenvalue weighted by atomic mass is 35.5. The summed E-state index contributed by atoms with van der Waals surface area (Å²) in [5, 5.41) is 0. The Morgan fingerprint density at radius 1 is 1.59 bits per heavy atom. The number of nitrogens with zero attached hydrogens (tertiary/aromatic N) is 1. The Morgan fingerprint density at radius 2 is 2.24 bits per heavy atom. The van der Waals surface area contributed by atoms with E-state index in [9.17, 15) is 18.0 Å². The number of hydrogen-bond acceptors (Lipinski definition) is 3. The maximum atomic E-state index is 13.5. The summed E-state index contributed by atoms with van der Waals surface area (Å²) in [6.07, 6.45) is -2.93. The third-order valence-corrected chi connectivity index (χ3v) is 2.15. The number of ether oxygens (including phenoxy) is 1. The molecule has 1 heterocycles. The maximum absolute atomic E-state index is 13.5. The Bertz CT molecular complexity index is 426. The third-order valence-electron chi connectivity index (χ3n) is 1.90. The molecule has 3 nitrogen and oxygen atoms in total. The van der Waals surface area contributed by atoms with Gasteiger partial charge in [0.25, 0.3) is 6.43 Å². The van der Waals surface area contributed by atoms with Crippen LogP contribution in [-0.4, -0.2) is 17.6 Å². The molecular weight excluding hydrogens is 259 g/mol. The normalized spacial score (nSPS) is 10.7. The number of aromatic nitrogens is 1. The van der Waals surface area contributed by atoms with Crippen molar-refractivity contribution in [1.29, 1.82) is 0 Å². The van der Waals surface area contributed by atoms with Gasteiger partial charge >= 0.3 is 5.97 Å². The first-order chi connectivity index (χ1) is 8.01. The number of carbonyl (C=O) groups excluding carboxylic acids is 1. The van der Waals surface area contributed by atoms with Gasteiger partial charge in [-0.25, -0.2) is 22.9 Å². The van der Waals surface area contributed by atoms with Gasteiger partial charge < -0.3 is 4.74 Å². The Kier molecular flexibility index (Phi) is 4.74. The van der Waals surface area contributed by atoms with E-state index in [1.807, 2.05) is 0 Å². The number of halogens is 4. The molecular formula is C10H9ClF3NO2. The summed E-state index contributed by atoms with van der Waals surface area (Å²) in [5.41, 5.74) is -1.50. The minimum atomic E-state index is -2.93. The van der Waals surface area contributed by atoms with Gasteiger partial charge in [-0.3, -0.25) is 0 Å². The minimum absolute atomic E-state index is 0.0383. The first-order valence-corrected chi connectivity index (χ1v) is 5.25. The highest BCUT2D eigenvalue weighted by molar-refractivity contribution is 6.17. The lowest BCUT2D eigenvalue weighted by molar-refractivity contribution is 0.0518. The van der Waals surface area contributed by atoms with Gasteiger partial charge in [-0.2, -0.15) is 0 Å². The van der Waals surface area contributed by atoms with Crippen molar-refractivity contribution in [3.63, 3.8) is 0 Å². The molecule has 0 saturated carbocycles. The second kappa shape index (κ2) is 5.86. The summed E-state index contributed by atoms with van der Waals surface area (Å²) in [4.78, 5) is 14.8. The quantitative estimate of drug-likeness (QED) is 0.622. The van der Waals surface area contributed by atoms with Gasteiger partial charge in [0, 0.05) is 6.07 Å². The molecule has 1 aromatic heterocycles. The van der Waals surface area contributed by atoms with Gasteiger partial charge in [-0.05, 0) is 6.92 Å². The molecule has 17 heavy (non-hydrogen) atoms. The molecule has 0 saturated heterocycles. The topological polar surface area (TPSA) is 39.2 Å². The molecule has 7 heteroatoms. The van der Waals surface area contributed by atoms with Gasteiger partial charge in [0.2, 0.25) is 0 Å². The lowest BCUT2D eigenvalue weighted by atomic mass is 10.1. The summed E-state index contributed by atoms with van der Waals surface area (Å²) < 4.78 is 42.8. The van der Waals surface area contributed by atoms with E-state index in [1.54, 1.807) is 0 Å². The van der Waals surface area contributed by atoms with Gasteiger partial charge in [0.05, 0.1) is 18.2 Å². The maximum Gasteiger partial charge on any atom is 0.343 e. The lowest BCUT2D eigenvalue weighted by Crippen LogP contribution is -2.13. The molecule has 0 N–H and O–H groups in total. The summed E-state index contributed by atoms with van der Waals surface area (Å²) in [7, 11) is 0. The van der Waals surface area contributed by atoms with Crippen molar-refractivity contribution in [1.82, 2.24) is 4.98 Å². The van der Waals surface area contributed by atoms with Crippen LogP contribution < -0.4 is 0 Å². The molecule has 0 fully saturated rings. The fourth-order valence-electron chi connectivity index (χ4n) is 1.21. The van der Waals surface area contributed by atoms with E-state index in [2.05, 4.69) is 9.72 Å². The fourth-order valence-corrected chi connectivity index (χ4v) is 1.40. The average molecular weight is 268 g/mol. The number of hydrogen-bond donors (Lipinski definition) is 0. The SMILES string of the molecule is CCOC(=O)c1c(F)cc(C(F)F)nc1CCl. The molecule has 0 atom stereocenters. The van der Waals surface area contributed by atoms with Gasteiger partial charge in [-0.1, -0.05) is 0 Å². The average Bonchev–Trinajstić information content (AvgIpc) is 2.27. The molecule has 0 aliphatic rings. The molecule has 94 valence electrons. The van der Waals surface area contributed by atoms with E-state index in [4.69, 9.17) is 11.6 Å². The van der Waals surface area contributed by atoms with E-state index >= 15 is 0 Å². The second-order valence-electron chi connectivity index (χ2n) is 3.01. The number of rotatable bonds is 4. The van der Waals surface area contributed by atoms with Crippen LogP contribution in [0, 0.1) is 5.82 Å². The Hall–Kier alpha value is -1.30. The van der Waals surface area contributed by atoms with Crippen LogP contribution in [0.4, 0.5) is 13.2 Å². The van der Waals surface area contributed by atoms with Gasteiger partial charge in [0.15, 0.2) is 0 Å². The van der Waals surface area contributed by atoms with E-state index in [1.165, 1.54) is 6.92 Å². The number of esters is 1. The summed E-state index contributed by atoms with van der Waals surface area (Å²) >= 11 is 5.44. The van der Waals surface area contributed by atoms with E-state index < -0.39 is 29.5 Å². The van der Waals surface area contributed by atoms with Crippen molar-refractivity contribution in [2.75, 3.05) is 6.61 Å². The second-order valence-corrected chi connectivity index (χ2v) is 3.27. The monoisotopic (exact) mass is 267 g/mol. The third kappa shape index (κ3) is 3.09. The molecule has 0 aromatic carbocycles. The van der Waals surface area contributed by atoms with Crippen LogP contribution in [-0.2, 0) is 10.6 Å². The molecule has 0 radical (unpaired) electrons. The summed E-state index contributed by atoms with van der Waals surface area (Å²) in [5.74, 6) is -2.43. The van der Waals surface area contributed by atoms with Gasteiger partial charge in [0.1, 0.15) is 17.1 Å². The highest BCUT2D eigenvalue weighted by Crippen LogP contribution is 2.22. The zero-order valence-corrected chi connectivity index (χ0v) is 9.60. The standard InChI is InChI=1S/C10H9ClF3NO2/c1-2-17-10(16)8-5(12)3-6(9(13)14)15-7(8)4-11/h3,9H,2,4H2,1H3. The predicted molar refractivity (Wildman–Crippen MR) is 54.7 cm³/mol. The van der Waals surface area contributed by atoms with Crippen LogP contribution in [0.2, 0.25) is 0 Å². The van der Waals surface area contributed by atoms with E-state index in [0.717, 1.165) is 0 Å². The lowest BCUT2D eigenvalue weighted by Gasteiger charge is -2.09. The number of pyridine rings is 1. The van der Waals surface area contributed by atoms with Crippen molar-refractivity contribution in [2.45, 2.75) is 19.2 Å². The Labute approximate surface area is 101 Å². The Morgan fingerprint density at radius 3 is 2.71 bits per heavy atom. The predicted octanol–water partition coefficient (Wildman–Crippen LogP) is 3.07. The van der Waals surface area contributed by atoms with E-state index in [0.29, 0.717) is 6.07 Å². The number of alkyl halides is 3. The van der Waals surface area contributed by atoms with Crippen molar-refractivity contribution in [3.05, 3.63) is 28.8 Å². The van der Waals surface area contributed by atoms with Crippen molar-refractivity contribution >= 4 is 17.6 Å². The molecule has 0 aliphatic carbocycles. The fraction of sp³-hybridized carbons (Fsp3) is 0.400. The molecule has 0 unspecified atom stereocenters.